The van der Waals surface area contributed by atoms with Crippen LogP contribution < -0.4 is 9.62 Å². The summed E-state index contributed by atoms with van der Waals surface area (Å²) in [6.45, 7) is 3.86. The molecule has 0 fully saturated rings. The Morgan fingerprint density at radius 2 is 1.96 bits per heavy atom. The molecule has 2 aromatic rings. The molecule has 2 aromatic carbocycles. The van der Waals surface area contributed by atoms with E-state index in [1.54, 1.807) is 43.1 Å². The summed E-state index contributed by atoms with van der Waals surface area (Å²) in [5.41, 5.74) is 2.19. The van der Waals surface area contributed by atoms with Crippen molar-refractivity contribution >= 4 is 39.1 Å². The smallest absolute Gasteiger partial charge is 0.264 e. The highest BCUT2D eigenvalue weighted by Gasteiger charge is 2.26. The molecule has 3 rings (SSSR count). The van der Waals surface area contributed by atoms with Crippen LogP contribution in [-0.2, 0) is 21.2 Å². The van der Waals surface area contributed by atoms with Crippen molar-refractivity contribution in [2.24, 2.45) is 5.92 Å². The van der Waals surface area contributed by atoms with Crippen LogP contribution in [0.1, 0.15) is 19.4 Å². The van der Waals surface area contributed by atoms with Gasteiger partial charge in [-0.05, 0) is 36.2 Å². The van der Waals surface area contributed by atoms with E-state index >= 15 is 0 Å². The van der Waals surface area contributed by atoms with E-state index in [2.05, 4.69) is 5.32 Å². The van der Waals surface area contributed by atoms with E-state index < -0.39 is 10.0 Å². The van der Waals surface area contributed by atoms with Gasteiger partial charge in [-0.2, -0.15) is 0 Å². The molecule has 1 amide bonds. The molecule has 0 spiro atoms. The molecule has 1 aliphatic heterocycles. The topological polar surface area (TPSA) is 66.5 Å². The number of rotatable bonds is 4. The third-order valence-electron chi connectivity index (χ3n) is 4.52. The Kier molecular flexibility index (Phi) is 5.29. The van der Waals surface area contributed by atoms with Gasteiger partial charge in [-0.3, -0.25) is 9.10 Å². The van der Waals surface area contributed by atoms with E-state index in [4.69, 9.17) is 0 Å². The lowest BCUT2D eigenvalue weighted by atomic mass is 10.1. The van der Waals surface area contributed by atoms with Crippen LogP contribution in [0.5, 0.6) is 0 Å². The van der Waals surface area contributed by atoms with E-state index in [9.17, 15) is 13.2 Å². The fourth-order valence-corrected chi connectivity index (χ4v) is 5.11. The van der Waals surface area contributed by atoms with Crippen molar-refractivity contribution in [2.45, 2.75) is 30.1 Å². The van der Waals surface area contributed by atoms with Crippen LogP contribution in [0.3, 0.4) is 0 Å². The molecule has 1 aliphatic rings. The van der Waals surface area contributed by atoms with Crippen molar-refractivity contribution in [2.75, 3.05) is 22.4 Å². The highest BCUT2D eigenvalue weighted by Crippen LogP contribution is 2.35. The SMILES string of the molecule is CCc1ccccc1N(C)S(=O)(=O)c1ccc2c(c1)NC(=O)C(C)CS2. The molecular formula is C19H22N2O3S2. The Bertz CT molecular complexity index is 942. The van der Waals surface area contributed by atoms with Gasteiger partial charge in [0.05, 0.1) is 16.3 Å². The number of carbonyl (C=O) groups is 1. The molecule has 0 aliphatic carbocycles. The van der Waals surface area contributed by atoms with E-state index in [1.165, 1.54) is 4.31 Å². The van der Waals surface area contributed by atoms with Crippen molar-refractivity contribution in [1.29, 1.82) is 0 Å². The van der Waals surface area contributed by atoms with Gasteiger partial charge in [-0.25, -0.2) is 8.42 Å². The molecule has 1 N–H and O–H groups in total. The molecule has 0 aromatic heterocycles. The van der Waals surface area contributed by atoms with Gasteiger partial charge in [-0.15, -0.1) is 11.8 Å². The number of benzene rings is 2. The number of nitrogens with one attached hydrogen (secondary N) is 1. The highest BCUT2D eigenvalue weighted by molar-refractivity contribution is 7.99. The largest absolute Gasteiger partial charge is 0.325 e. The second-order valence-corrected chi connectivity index (χ2v) is 9.35. The molecular weight excluding hydrogens is 368 g/mol. The maximum Gasteiger partial charge on any atom is 0.264 e. The summed E-state index contributed by atoms with van der Waals surface area (Å²) in [5.74, 6) is 0.469. The Balaban J connectivity index is 2.00. The predicted molar refractivity (Wildman–Crippen MR) is 106 cm³/mol. The van der Waals surface area contributed by atoms with Crippen LogP contribution in [-0.4, -0.2) is 27.1 Å². The maximum atomic E-state index is 13.1. The molecule has 0 saturated heterocycles. The number of anilines is 2. The number of para-hydroxylation sites is 1. The lowest BCUT2D eigenvalue weighted by Crippen LogP contribution is -2.27. The monoisotopic (exact) mass is 390 g/mol. The summed E-state index contributed by atoms with van der Waals surface area (Å²) < 4.78 is 27.6. The number of hydrogen-bond acceptors (Lipinski definition) is 4. The summed E-state index contributed by atoms with van der Waals surface area (Å²) in [6.07, 6.45) is 0.741. The lowest BCUT2D eigenvalue weighted by molar-refractivity contribution is -0.118. The summed E-state index contributed by atoms with van der Waals surface area (Å²) in [4.78, 5) is 13.1. The molecule has 0 bridgehead atoms. The van der Waals surface area contributed by atoms with Crippen LogP contribution in [0.2, 0.25) is 0 Å². The summed E-state index contributed by atoms with van der Waals surface area (Å²) in [6, 6.07) is 12.4. The number of aryl methyl sites for hydroxylation is 1. The second kappa shape index (κ2) is 7.32. The van der Waals surface area contributed by atoms with Crippen LogP contribution in [0.15, 0.2) is 52.3 Å². The number of fused-ring (bicyclic) bond motifs is 1. The van der Waals surface area contributed by atoms with Crippen LogP contribution in [0.25, 0.3) is 0 Å². The average molecular weight is 391 g/mol. The first kappa shape index (κ1) is 18.8. The van der Waals surface area contributed by atoms with Crippen LogP contribution in [0.4, 0.5) is 11.4 Å². The lowest BCUT2D eigenvalue weighted by Gasteiger charge is -2.22. The minimum absolute atomic E-state index is 0.0875. The first-order valence-corrected chi connectivity index (χ1v) is 10.9. The predicted octanol–water partition coefficient (Wildman–Crippen LogP) is 3.75. The van der Waals surface area contributed by atoms with Gasteiger partial charge in [0.15, 0.2) is 0 Å². The van der Waals surface area contributed by atoms with Gasteiger partial charge in [-0.1, -0.05) is 32.0 Å². The third-order valence-corrected chi connectivity index (χ3v) is 7.62. The minimum atomic E-state index is -3.73. The van der Waals surface area contributed by atoms with Crippen molar-refractivity contribution in [3.8, 4) is 0 Å². The van der Waals surface area contributed by atoms with Gasteiger partial charge in [0.2, 0.25) is 5.91 Å². The van der Waals surface area contributed by atoms with Crippen molar-refractivity contribution in [1.82, 2.24) is 0 Å². The molecule has 26 heavy (non-hydrogen) atoms. The summed E-state index contributed by atoms with van der Waals surface area (Å²) >= 11 is 1.56. The molecule has 7 heteroatoms. The Labute approximate surface area is 158 Å². The first-order valence-electron chi connectivity index (χ1n) is 8.49. The number of amides is 1. The second-order valence-electron chi connectivity index (χ2n) is 6.31. The molecule has 5 nitrogen and oxygen atoms in total. The Hall–Kier alpha value is -1.99. The van der Waals surface area contributed by atoms with Crippen molar-refractivity contribution < 1.29 is 13.2 Å². The first-order chi connectivity index (χ1) is 12.3. The van der Waals surface area contributed by atoms with E-state index in [0.29, 0.717) is 17.1 Å². The summed E-state index contributed by atoms with van der Waals surface area (Å²) in [7, 11) is -2.17. The molecule has 1 unspecified atom stereocenters. The number of carbonyl (C=O) groups excluding carboxylic acids is 1. The van der Waals surface area contributed by atoms with E-state index in [-0.39, 0.29) is 16.7 Å². The maximum absolute atomic E-state index is 13.1. The van der Waals surface area contributed by atoms with E-state index in [0.717, 1.165) is 16.9 Å². The van der Waals surface area contributed by atoms with Crippen molar-refractivity contribution in [3.05, 3.63) is 48.0 Å². The number of hydrogen-bond donors (Lipinski definition) is 1. The molecule has 1 atom stereocenters. The fraction of sp³-hybridized carbons (Fsp3) is 0.316. The normalized spacial score (nSPS) is 17.2. The Morgan fingerprint density at radius 3 is 2.69 bits per heavy atom. The Morgan fingerprint density at radius 1 is 1.23 bits per heavy atom. The highest BCUT2D eigenvalue weighted by atomic mass is 32.2. The third kappa shape index (κ3) is 3.46. The van der Waals surface area contributed by atoms with Gasteiger partial charge in [0, 0.05) is 23.6 Å². The average Bonchev–Trinajstić information content (AvgIpc) is 2.79. The number of thioether (sulfide) groups is 1. The number of nitrogens with zero attached hydrogens (tertiary/aromatic N) is 1. The fourth-order valence-electron chi connectivity index (χ4n) is 2.84. The van der Waals surface area contributed by atoms with Gasteiger partial charge in [0.25, 0.3) is 10.0 Å². The molecule has 0 saturated carbocycles. The van der Waals surface area contributed by atoms with Gasteiger partial charge >= 0.3 is 0 Å². The minimum Gasteiger partial charge on any atom is -0.325 e. The number of sulfonamides is 1. The van der Waals surface area contributed by atoms with Crippen molar-refractivity contribution in [3.63, 3.8) is 0 Å². The van der Waals surface area contributed by atoms with Crippen LogP contribution >= 0.6 is 11.8 Å². The van der Waals surface area contributed by atoms with Gasteiger partial charge < -0.3 is 5.32 Å². The summed E-state index contributed by atoms with van der Waals surface area (Å²) in [5, 5.41) is 2.84. The zero-order chi connectivity index (χ0) is 18.9. The quantitative estimate of drug-likeness (QED) is 0.863. The van der Waals surface area contributed by atoms with Crippen LogP contribution in [0, 0.1) is 5.92 Å². The van der Waals surface area contributed by atoms with Gasteiger partial charge in [0.1, 0.15) is 0 Å². The zero-order valence-corrected chi connectivity index (χ0v) is 16.7. The zero-order valence-electron chi connectivity index (χ0n) is 15.0. The molecule has 0 radical (unpaired) electrons. The standard InChI is InChI=1S/C19H22N2O3S2/c1-4-14-7-5-6-8-17(14)21(3)26(23,24)15-9-10-18-16(11-15)20-19(22)13(2)12-25-18/h5-11,13H,4,12H2,1-3H3,(H,20,22). The molecule has 1 heterocycles. The van der Waals surface area contributed by atoms with E-state index in [1.807, 2.05) is 32.0 Å². The molecule has 138 valence electrons.